The molecular formula is C27H25F2NO4. The number of amides is 1. The van der Waals surface area contributed by atoms with Gasteiger partial charge in [-0.3, -0.25) is 9.59 Å². The lowest BCUT2D eigenvalue weighted by Crippen LogP contribution is -2.36. The van der Waals surface area contributed by atoms with E-state index in [1.54, 1.807) is 30.3 Å². The molecule has 34 heavy (non-hydrogen) atoms. The van der Waals surface area contributed by atoms with Crippen LogP contribution in [0.4, 0.5) is 8.78 Å². The predicted octanol–water partition coefficient (Wildman–Crippen LogP) is 4.56. The lowest BCUT2D eigenvalue weighted by Gasteiger charge is -2.24. The van der Waals surface area contributed by atoms with Crippen molar-refractivity contribution in [3.63, 3.8) is 0 Å². The van der Waals surface area contributed by atoms with Gasteiger partial charge in [-0.2, -0.15) is 0 Å². The summed E-state index contributed by atoms with van der Waals surface area (Å²) in [6.07, 6.45) is 0.992. The highest BCUT2D eigenvalue weighted by molar-refractivity contribution is 5.83. The Bertz CT molecular complexity index is 1210. The molecule has 0 bridgehead atoms. The van der Waals surface area contributed by atoms with Gasteiger partial charge >= 0.3 is 5.97 Å². The number of carbonyl (C=O) groups excluding carboxylic acids is 1. The van der Waals surface area contributed by atoms with Gasteiger partial charge in [0.2, 0.25) is 5.91 Å². The zero-order valence-corrected chi connectivity index (χ0v) is 18.8. The highest BCUT2D eigenvalue weighted by Gasteiger charge is 2.35. The Morgan fingerprint density at radius 1 is 1.03 bits per heavy atom. The van der Waals surface area contributed by atoms with Crippen molar-refractivity contribution >= 4 is 11.9 Å². The van der Waals surface area contributed by atoms with Gasteiger partial charge in [0.1, 0.15) is 29.5 Å². The van der Waals surface area contributed by atoms with E-state index in [0.29, 0.717) is 29.7 Å². The maximum atomic E-state index is 14.1. The number of carbonyl (C=O) groups is 2. The Hall–Kier alpha value is -3.74. The van der Waals surface area contributed by atoms with Crippen LogP contribution < -0.4 is 4.74 Å². The molecule has 1 unspecified atom stereocenters. The van der Waals surface area contributed by atoms with Crippen molar-refractivity contribution in [1.82, 2.24) is 4.90 Å². The Labute approximate surface area is 196 Å². The molecule has 1 heterocycles. The van der Waals surface area contributed by atoms with Crippen LogP contribution in [0.3, 0.4) is 0 Å². The van der Waals surface area contributed by atoms with Crippen LogP contribution in [0.15, 0.2) is 66.7 Å². The average Bonchev–Trinajstić information content (AvgIpc) is 3.11. The Kier molecular flexibility index (Phi) is 6.63. The topological polar surface area (TPSA) is 66.8 Å². The molecule has 4 rings (SSSR count). The molecule has 0 fully saturated rings. The fourth-order valence-corrected chi connectivity index (χ4v) is 4.32. The van der Waals surface area contributed by atoms with E-state index in [0.717, 1.165) is 11.1 Å². The van der Waals surface area contributed by atoms with E-state index in [2.05, 4.69) is 0 Å². The molecule has 0 saturated carbocycles. The van der Waals surface area contributed by atoms with Gasteiger partial charge in [0, 0.05) is 19.4 Å². The highest BCUT2D eigenvalue weighted by Crippen LogP contribution is 2.38. The molecule has 1 aliphatic heterocycles. The minimum Gasteiger partial charge on any atom is -0.487 e. The van der Waals surface area contributed by atoms with Gasteiger partial charge in [-0.1, -0.05) is 42.5 Å². The number of hydrogen-bond acceptors (Lipinski definition) is 3. The van der Waals surface area contributed by atoms with Crippen molar-refractivity contribution in [2.24, 2.45) is 0 Å². The van der Waals surface area contributed by atoms with Crippen LogP contribution in [0.5, 0.6) is 5.75 Å². The first-order valence-corrected chi connectivity index (χ1v) is 11.0. The third kappa shape index (κ3) is 5.60. The minimum absolute atomic E-state index is 0.0196. The first-order chi connectivity index (χ1) is 16.2. The second-order valence-corrected chi connectivity index (χ2v) is 8.89. The van der Waals surface area contributed by atoms with Crippen molar-refractivity contribution < 1.29 is 28.2 Å². The molecule has 5 nitrogen and oxygen atoms in total. The van der Waals surface area contributed by atoms with Crippen LogP contribution in [0.1, 0.15) is 29.2 Å². The molecule has 0 aliphatic carbocycles. The summed E-state index contributed by atoms with van der Waals surface area (Å²) in [5.74, 6) is -1.44. The molecular weight excluding hydrogens is 440 g/mol. The van der Waals surface area contributed by atoms with Crippen LogP contribution in [0, 0.1) is 11.6 Å². The van der Waals surface area contributed by atoms with Crippen molar-refractivity contribution in [3.05, 3.63) is 101 Å². The number of carboxylic acids is 1. The average molecular weight is 465 g/mol. The van der Waals surface area contributed by atoms with Gasteiger partial charge in [0.15, 0.2) is 0 Å². The second kappa shape index (κ2) is 9.63. The van der Waals surface area contributed by atoms with E-state index in [1.807, 2.05) is 13.0 Å². The summed E-state index contributed by atoms with van der Waals surface area (Å²) in [6.45, 7) is 1.55. The molecule has 1 atom stereocenters. The summed E-state index contributed by atoms with van der Waals surface area (Å²) in [5.41, 5.74) is 2.27. The van der Waals surface area contributed by atoms with E-state index in [-0.39, 0.29) is 24.7 Å². The van der Waals surface area contributed by atoms with Crippen molar-refractivity contribution in [1.29, 1.82) is 0 Å². The van der Waals surface area contributed by atoms with Crippen LogP contribution in [0.2, 0.25) is 0 Å². The van der Waals surface area contributed by atoms with Gasteiger partial charge in [0.05, 0.1) is 6.42 Å². The minimum atomic E-state index is -1.12. The molecule has 3 aromatic rings. The number of ether oxygens (including phenoxy) is 1. The van der Waals surface area contributed by atoms with Gasteiger partial charge in [-0.15, -0.1) is 0 Å². The molecule has 0 saturated heterocycles. The van der Waals surface area contributed by atoms with E-state index in [9.17, 15) is 23.5 Å². The monoisotopic (exact) mass is 465 g/mol. The molecule has 0 aromatic heterocycles. The van der Waals surface area contributed by atoms with E-state index < -0.39 is 23.9 Å². The van der Waals surface area contributed by atoms with Crippen LogP contribution in [-0.4, -0.2) is 34.0 Å². The lowest BCUT2D eigenvalue weighted by molar-refractivity contribution is -0.144. The number of halogens is 2. The zero-order valence-electron chi connectivity index (χ0n) is 18.8. The van der Waals surface area contributed by atoms with Gasteiger partial charge in [-0.25, -0.2) is 8.78 Å². The molecule has 1 N–H and O–H groups in total. The zero-order chi connectivity index (χ0) is 24.3. The molecule has 7 heteroatoms. The Morgan fingerprint density at radius 2 is 1.74 bits per heavy atom. The summed E-state index contributed by atoms with van der Waals surface area (Å²) in [6, 6.07) is 17.7. The third-order valence-electron chi connectivity index (χ3n) is 5.89. The summed E-state index contributed by atoms with van der Waals surface area (Å²) in [7, 11) is 0. The molecule has 0 spiro atoms. The number of hydrogen-bond donors (Lipinski definition) is 1. The fraction of sp³-hybridized carbons (Fsp3) is 0.259. The van der Waals surface area contributed by atoms with Crippen molar-refractivity contribution in [2.45, 2.75) is 38.3 Å². The van der Waals surface area contributed by atoms with Crippen LogP contribution >= 0.6 is 0 Å². The predicted molar refractivity (Wildman–Crippen MR) is 122 cm³/mol. The SMILES string of the molecule is CC1(Cc2ccccc2F)Cc2cc(CC(=O)N(CC(=O)O)Cc3ccc(F)cc3)ccc2O1. The largest absolute Gasteiger partial charge is 0.487 e. The number of aliphatic carboxylic acids is 1. The number of fused-ring (bicyclic) bond motifs is 1. The third-order valence-corrected chi connectivity index (χ3v) is 5.89. The summed E-state index contributed by atoms with van der Waals surface area (Å²) in [5, 5.41) is 9.25. The summed E-state index contributed by atoms with van der Waals surface area (Å²) < 4.78 is 33.4. The van der Waals surface area contributed by atoms with Gasteiger partial charge < -0.3 is 14.7 Å². The molecule has 3 aromatic carbocycles. The van der Waals surface area contributed by atoms with E-state index in [1.165, 1.54) is 35.2 Å². The Balaban J connectivity index is 1.46. The molecule has 1 aliphatic rings. The lowest BCUT2D eigenvalue weighted by atomic mass is 9.91. The molecule has 0 radical (unpaired) electrons. The maximum Gasteiger partial charge on any atom is 0.323 e. The molecule has 176 valence electrons. The smallest absolute Gasteiger partial charge is 0.323 e. The maximum absolute atomic E-state index is 14.1. The number of rotatable bonds is 8. The number of nitrogens with zero attached hydrogens (tertiary/aromatic N) is 1. The normalized spacial score (nSPS) is 16.6. The standard InChI is InChI=1S/C27H25F2NO4/c1-27(14-20-4-2-3-5-23(20)29)15-21-12-19(8-11-24(21)34-27)13-25(31)30(17-26(32)33)16-18-6-9-22(28)10-7-18/h2-12H,13-17H2,1H3,(H,32,33). The number of benzene rings is 3. The summed E-state index contributed by atoms with van der Waals surface area (Å²) in [4.78, 5) is 25.5. The first kappa shape index (κ1) is 23.4. The fourth-order valence-electron chi connectivity index (χ4n) is 4.32. The Morgan fingerprint density at radius 3 is 2.44 bits per heavy atom. The highest BCUT2D eigenvalue weighted by atomic mass is 19.1. The number of carboxylic acid groups (broad SMARTS) is 1. The van der Waals surface area contributed by atoms with Gasteiger partial charge in [-0.05, 0) is 53.4 Å². The van der Waals surface area contributed by atoms with E-state index in [4.69, 9.17) is 4.74 Å². The van der Waals surface area contributed by atoms with E-state index >= 15 is 0 Å². The quantitative estimate of drug-likeness (QED) is 0.530. The van der Waals surface area contributed by atoms with Crippen molar-refractivity contribution in [2.75, 3.05) is 6.54 Å². The van der Waals surface area contributed by atoms with Gasteiger partial charge in [0.25, 0.3) is 0 Å². The first-order valence-electron chi connectivity index (χ1n) is 11.0. The van der Waals surface area contributed by atoms with Crippen molar-refractivity contribution in [3.8, 4) is 5.75 Å². The molecule has 1 amide bonds. The second-order valence-electron chi connectivity index (χ2n) is 8.89. The van der Waals surface area contributed by atoms with Crippen LogP contribution in [-0.2, 0) is 35.4 Å². The van der Waals surface area contributed by atoms with Crippen LogP contribution in [0.25, 0.3) is 0 Å². The summed E-state index contributed by atoms with van der Waals surface area (Å²) >= 11 is 0.